The van der Waals surface area contributed by atoms with E-state index < -0.39 is 0 Å². The highest BCUT2D eigenvalue weighted by atomic mass is 16.2. The van der Waals surface area contributed by atoms with E-state index in [1.165, 1.54) is 5.56 Å². The maximum absolute atomic E-state index is 12.6. The molecule has 2 N–H and O–H groups in total. The Kier molecular flexibility index (Phi) is 5.74. The molecule has 0 aromatic heterocycles. The summed E-state index contributed by atoms with van der Waals surface area (Å²) in [5.41, 5.74) is 2.16. The Morgan fingerprint density at radius 3 is 2.76 bits per heavy atom. The molecule has 2 unspecified atom stereocenters. The molecule has 2 fully saturated rings. The molecule has 2 saturated heterocycles. The third-order valence-corrected chi connectivity index (χ3v) is 5.55. The Labute approximate surface area is 150 Å². The topological polar surface area (TPSA) is 61.4 Å². The molecule has 0 spiro atoms. The Balaban J connectivity index is 1.69. The van der Waals surface area contributed by atoms with Gasteiger partial charge in [0.05, 0.1) is 5.92 Å². The molecule has 0 aliphatic carbocycles. The smallest absolute Gasteiger partial charge is 0.227 e. The average Bonchev–Trinajstić information content (AvgIpc) is 3.03. The first-order valence-corrected chi connectivity index (χ1v) is 9.50. The number of benzene rings is 1. The van der Waals surface area contributed by atoms with Crippen molar-refractivity contribution in [1.29, 1.82) is 0 Å². The van der Waals surface area contributed by atoms with Crippen molar-refractivity contribution in [2.75, 3.05) is 24.5 Å². The van der Waals surface area contributed by atoms with Crippen LogP contribution in [0.25, 0.3) is 0 Å². The SMILES string of the molecule is CCC(C)c1ccccc1N1CC(C(=O)NC2CCNCC2)CC1=O. The number of para-hydroxylation sites is 1. The second kappa shape index (κ2) is 8.00. The standard InChI is InChI=1S/C20H29N3O2/c1-3-14(2)17-6-4-5-7-18(17)23-13-15(12-19(23)24)20(25)22-16-8-10-21-11-9-16/h4-7,14-16,21H,3,8-13H2,1-2H3,(H,22,25). The Hall–Kier alpha value is -1.88. The van der Waals surface area contributed by atoms with Crippen molar-refractivity contribution in [3.05, 3.63) is 29.8 Å². The molecule has 3 rings (SSSR count). The fourth-order valence-electron chi connectivity index (χ4n) is 3.77. The molecule has 2 atom stereocenters. The van der Waals surface area contributed by atoms with Crippen LogP contribution >= 0.6 is 0 Å². The zero-order valence-electron chi connectivity index (χ0n) is 15.3. The van der Waals surface area contributed by atoms with E-state index in [-0.39, 0.29) is 23.8 Å². The third-order valence-electron chi connectivity index (χ3n) is 5.55. The normalized spacial score (nSPS) is 22.9. The van der Waals surface area contributed by atoms with Gasteiger partial charge in [0, 0.05) is 24.7 Å². The minimum absolute atomic E-state index is 0.0313. The highest BCUT2D eigenvalue weighted by Crippen LogP contribution is 2.33. The van der Waals surface area contributed by atoms with Gasteiger partial charge in [-0.1, -0.05) is 32.0 Å². The van der Waals surface area contributed by atoms with Gasteiger partial charge in [-0.25, -0.2) is 0 Å². The van der Waals surface area contributed by atoms with Gasteiger partial charge in [-0.2, -0.15) is 0 Å². The zero-order chi connectivity index (χ0) is 17.8. The Morgan fingerprint density at radius 2 is 2.04 bits per heavy atom. The molecule has 1 aromatic rings. The molecule has 2 aliphatic rings. The fourth-order valence-corrected chi connectivity index (χ4v) is 3.77. The van der Waals surface area contributed by atoms with E-state index >= 15 is 0 Å². The summed E-state index contributed by atoms with van der Waals surface area (Å²) >= 11 is 0. The average molecular weight is 343 g/mol. The molecule has 0 bridgehead atoms. The Bertz CT molecular complexity index is 625. The summed E-state index contributed by atoms with van der Waals surface area (Å²) in [6.45, 7) is 6.72. The molecule has 5 heteroatoms. The van der Waals surface area contributed by atoms with Gasteiger partial charge in [0.25, 0.3) is 0 Å². The lowest BCUT2D eigenvalue weighted by Crippen LogP contribution is -2.45. The zero-order valence-corrected chi connectivity index (χ0v) is 15.3. The van der Waals surface area contributed by atoms with E-state index in [4.69, 9.17) is 0 Å². The van der Waals surface area contributed by atoms with Gasteiger partial charge in [-0.15, -0.1) is 0 Å². The van der Waals surface area contributed by atoms with Crippen LogP contribution in [0.15, 0.2) is 24.3 Å². The van der Waals surface area contributed by atoms with Crippen LogP contribution in [0.2, 0.25) is 0 Å². The number of rotatable bonds is 5. The van der Waals surface area contributed by atoms with Crippen molar-refractivity contribution in [3.63, 3.8) is 0 Å². The molecule has 0 saturated carbocycles. The molecule has 5 nitrogen and oxygen atoms in total. The van der Waals surface area contributed by atoms with E-state index in [9.17, 15) is 9.59 Å². The first-order valence-electron chi connectivity index (χ1n) is 9.50. The van der Waals surface area contributed by atoms with Crippen LogP contribution in [-0.2, 0) is 9.59 Å². The molecule has 0 radical (unpaired) electrons. The lowest BCUT2D eigenvalue weighted by molar-refractivity contribution is -0.127. The van der Waals surface area contributed by atoms with Crippen LogP contribution in [0, 0.1) is 5.92 Å². The lowest BCUT2D eigenvalue weighted by Gasteiger charge is -2.25. The molecule has 2 aliphatic heterocycles. The third kappa shape index (κ3) is 4.03. The summed E-state index contributed by atoms with van der Waals surface area (Å²) in [6.07, 6.45) is 3.27. The van der Waals surface area contributed by atoms with E-state index in [0.717, 1.165) is 38.0 Å². The predicted octanol–water partition coefficient (Wildman–Crippen LogP) is 2.42. The predicted molar refractivity (Wildman–Crippen MR) is 99.6 cm³/mol. The fraction of sp³-hybridized carbons (Fsp3) is 0.600. The van der Waals surface area contributed by atoms with Crippen molar-refractivity contribution in [2.24, 2.45) is 5.92 Å². The van der Waals surface area contributed by atoms with Gasteiger partial charge in [-0.05, 0) is 49.9 Å². The van der Waals surface area contributed by atoms with Crippen LogP contribution in [0.3, 0.4) is 0 Å². The summed E-state index contributed by atoms with van der Waals surface area (Å²) in [5.74, 6) is 0.240. The summed E-state index contributed by atoms with van der Waals surface area (Å²) in [4.78, 5) is 27.0. The van der Waals surface area contributed by atoms with Crippen LogP contribution < -0.4 is 15.5 Å². The Morgan fingerprint density at radius 1 is 1.32 bits per heavy atom. The van der Waals surface area contributed by atoms with Crippen LogP contribution in [0.4, 0.5) is 5.69 Å². The van der Waals surface area contributed by atoms with Crippen molar-refractivity contribution < 1.29 is 9.59 Å². The highest BCUT2D eigenvalue weighted by Gasteiger charge is 2.36. The first-order chi connectivity index (χ1) is 12.1. The lowest BCUT2D eigenvalue weighted by atomic mass is 9.96. The summed E-state index contributed by atoms with van der Waals surface area (Å²) in [5, 5.41) is 6.45. The van der Waals surface area contributed by atoms with E-state index in [2.05, 4.69) is 30.5 Å². The molecule has 25 heavy (non-hydrogen) atoms. The monoisotopic (exact) mass is 343 g/mol. The number of nitrogens with zero attached hydrogens (tertiary/aromatic N) is 1. The van der Waals surface area contributed by atoms with Gasteiger partial charge < -0.3 is 15.5 Å². The molecule has 1 aromatic carbocycles. The van der Waals surface area contributed by atoms with E-state index in [0.29, 0.717) is 18.9 Å². The maximum Gasteiger partial charge on any atom is 0.227 e. The number of amides is 2. The quantitative estimate of drug-likeness (QED) is 0.863. The summed E-state index contributed by atoms with van der Waals surface area (Å²) < 4.78 is 0. The minimum Gasteiger partial charge on any atom is -0.353 e. The first kappa shape index (κ1) is 17.9. The number of piperidine rings is 1. The number of anilines is 1. The molecular formula is C20H29N3O2. The van der Waals surface area contributed by atoms with Crippen molar-refractivity contribution in [3.8, 4) is 0 Å². The second-order valence-electron chi connectivity index (χ2n) is 7.31. The van der Waals surface area contributed by atoms with Crippen molar-refractivity contribution in [1.82, 2.24) is 10.6 Å². The number of hydrogen-bond acceptors (Lipinski definition) is 3. The summed E-state index contributed by atoms with van der Waals surface area (Å²) in [7, 11) is 0. The minimum atomic E-state index is -0.243. The van der Waals surface area contributed by atoms with Crippen LogP contribution in [-0.4, -0.2) is 37.5 Å². The molecular weight excluding hydrogens is 314 g/mol. The second-order valence-corrected chi connectivity index (χ2v) is 7.31. The molecule has 136 valence electrons. The van der Waals surface area contributed by atoms with Gasteiger partial charge in [0.2, 0.25) is 11.8 Å². The van der Waals surface area contributed by atoms with Crippen LogP contribution in [0.1, 0.15) is 51.0 Å². The van der Waals surface area contributed by atoms with Gasteiger partial charge >= 0.3 is 0 Å². The number of hydrogen-bond donors (Lipinski definition) is 2. The summed E-state index contributed by atoms with van der Waals surface area (Å²) in [6, 6.07) is 8.33. The van der Waals surface area contributed by atoms with E-state index in [1.807, 2.05) is 23.1 Å². The van der Waals surface area contributed by atoms with Gasteiger partial charge in [-0.3, -0.25) is 9.59 Å². The number of carbonyl (C=O) groups excluding carboxylic acids is 2. The van der Waals surface area contributed by atoms with E-state index in [1.54, 1.807) is 0 Å². The molecule has 2 amide bonds. The molecule has 2 heterocycles. The van der Waals surface area contributed by atoms with Crippen LogP contribution in [0.5, 0.6) is 0 Å². The largest absolute Gasteiger partial charge is 0.353 e. The maximum atomic E-state index is 12.6. The highest BCUT2D eigenvalue weighted by molar-refractivity contribution is 6.00. The van der Waals surface area contributed by atoms with Gasteiger partial charge in [0.1, 0.15) is 0 Å². The number of carbonyl (C=O) groups is 2. The van der Waals surface area contributed by atoms with Crippen molar-refractivity contribution in [2.45, 2.75) is 51.5 Å². The van der Waals surface area contributed by atoms with Crippen molar-refractivity contribution >= 4 is 17.5 Å². The number of nitrogens with one attached hydrogen (secondary N) is 2. The van der Waals surface area contributed by atoms with Gasteiger partial charge in [0.15, 0.2) is 0 Å².